The molecule has 0 saturated carbocycles. The van der Waals surface area contributed by atoms with Gasteiger partial charge in [-0.25, -0.2) is 0 Å². The van der Waals surface area contributed by atoms with Crippen molar-refractivity contribution in [1.29, 1.82) is 0 Å². The van der Waals surface area contributed by atoms with Crippen LogP contribution in [-0.2, 0) is 0 Å². The molecule has 1 heterocycles. The van der Waals surface area contributed by atoms with Gasteiger partial charge in [-0.1, -0.05) is 39.0 Å². The van der Waals surface area contributed by atoms with Crippen LogP contribution in [0.1, 0.15) is 31.8 Å². The van der Waals surface area contributed by atoms with Gasteiger partial charge >= 0.3 is 0 Å². The second kappa shape index (κ2) is 4.41. The molecule has 1 atom stereocenters. The summed E-state index contributed by atoms with van der Waals surface area (Å²) in [5.41, 5.74) is -0.604. The lowest BCUT2D eigenvalue weighted by Gasteiger charge is -2.22. The topological polar surface area (TPSA) is 38.7 Å². The third kappa shape index (κ3) is 2.80. The van der Waals surface area contributed by atoms with Crippen molar-refractivity contribution in [3.8, 4) is 11.5 Å². The number of hydrogen-bond donors (Lipinski definition) is 1. The Morgan fingerprint density at radius 1 is 1.41 bits per heavy atom. The molecule has 0 fully saturated rings. The van der Waals surface area contributed by atoms with Crippen molar-refractivity contribution < 1.29 is 20.1 Å². The molecule has 0 amide bonds. The first-order chi connectivity index (χ1) is 9.56. The first-order valence-electron chi connectivity index (χ1n) is 7.37. The second-order valence-electron chi connectivity index (χ2n) is 4.82. The van der Waals surface area contributed by atoms with Gasteiger partial charge in [0.15, 0.2) is 11.5 Å². The number of ether oxygens (including phenoxy) is 2. The Bertz CT molecular complexity index is 603. The summed E-state index contributed by atoms with van der Waals surface area (Å²) in [6.07, 6.45) is 0.688. The van der Waals surface area contributed by atoms with Crippen LogP contribution in [0.4, 0.5) is 0 Å². The number of fused-ring (bicyclic) bond motifs is 1. The summed E-state index contributed by atoms with van der Waals surface area (Å²) in [6.45, 7) is 5.05. The van der Waals surface area contributed by atoms with E-state index in [9.17, 15) is 5.11 Å². The lowest BCUT2D eigenvalue weighted by atomic mass is 9.89. The highest BCUT2D eigenvalue weighted by Gasteiger charge is 2.19. The van der Waals surface area contributed by atoms with Crippen molar-refractivity contribution in [1.82, 2.24) is 0 Å². The third-order valence-corrected chi connectivity index (χ3v) is 2.35. The molecule has 0 bridgehead atoms. The summed E-state index contributed by atoms with van der Waals surface area (Å²) in [5, 5.41) is 10.1. The monoisotopic (exact) mass is 238 g/mol. The van der Waals surface area contributed by atoms with E-state index in [4.69, 9.17) is 15.0 Å². The molecule has 1 aliphatic heterocycles. The molecule has 1 aromatic rings. The minimum atomic E-state index is -1.86. The Kier molecular flexibility index (Phi) is 2.02. The smallest absolute Gasteiger partial charge is 0.231 e. The minimum Gasteiger partial charge on any atom is -0.454 e. The first kappa shape index (κ1) is 7.77. The molecular weight excluding hydrogens is 216 g/mol. The molecule has 17 heavy (non-hydrogen) atoms. The summed E-state index contributed by atoms with van der Waals surface area (Å²) in [6, 6.07) is -0.433. The molecule has 1 aromatic carbocycles. The van der Waals surface area contributed by atoms with Crippen molar-refractivity contribution in [2.45, 2.75) is 26.9 Å². The zero-order valence-electron chi connectivity index (χ0n) is 14.1. The Labute approximate surface area is 107 Å². The van der Waals surface area contributed by atoms with E-state index in [0.29, 0.717) is 0 Å². The Morgan fingerprint density at radius 3 is 2.82 bits per heavy atom. The molecular formula is C14H18O3. The maximum absolute atomic E-state index is 10.1. The van der Waals surface area contributed by atoms with E-state index in [1.165, 1.54) is 12.2 Å². The van der Waals surface area contributed by atoms with Crippen LogP contribution in [-0.4, -0.2) is 18.0 Å². The normalized spacial score (nSPS) is 21.6. The minimum absolute atomic E-state index is 0.0792. The third-order valence-electron chi connectivity index (χ3n) is 2.35. The van der Waals surface area contributed by atoms with E-state index in [1.54, 1.807) is 20.8 Å². The Hall–Kier alpha value is -1.48. The van der Waals surface area contributed by atoms with Gasteiger partial charge in [-0.3, -0.25) is 0 Å². The van der Waals surface area contributed by atoms with Crippen LogP contribution in [0.15, 0.2) is 24.2 Å². The Balaban J connectivity index is 2.50. The van der Waals surface area contributed by atoms with Gasteiger partial charge < -0.3 is 14.6 Å². The van der Waals surface area contributed by atoms with Gasteiger partial charge in [-0.2, -0.15) is 0 Å². The van der Waals surface area contributed by atoms with Gasteiger partial charge in [0.05, 0.1) is 11.6 Å². The molecule has 3 nitrogen and oxygen atoms in total. The fourth-order valence-electron chi connectivity index (χ4n) is 1.24. The second-order valence-corrected chi connectivity index (χ2v) is 4.82. The van der Waals surface area contributed by atoms with Gasteiger partial charge in [0.25, 0.3) is 0 Å². The van der Waals surface area contributed by atoms with Crippen LogP contribution in [0, 0.1) is 5.41 Å². The lowest BCUT2D eigenvalue weighted by molar-refractivity contribution is 0.106. The zero-order chi connectivity index (χ0) is 16.0. The highest BCUT2D eigenvalue weighted by Crippen LogP contribution is 2.33. The molecule has 1 N–H and O–H groups in total. The molecule has 0 saturated heterocycles. The molecule has 3 heteroatoms. The molecule has 0 aromatic heterocycles. The maximum atomic E-state index is 10.1. The molecule has 0 radical (unpaired) electrons. The number of aliphatic hydroxyl groups is 1. The largest absolute Gasteiger partial charge is 0.454 e. The van der Waals surface area contributed by atoms with Crippen molar-refractivity contribution in [3.63, 3.8) is 0 Å². The Morgan fingerprint density at radius 2 is 2.12 bits per heavy atom. The van der Waals surface area contributed by atoms with Crippen LogP contribution >= 0.6 is 0 Å². The summed E-state index contributed by atoms with van der Waals surface area (Å²) in [4.78, 5) is 0. The van der Waals surface area contributed by atoms with E-state index >= 15 is 0 Å². The van der Waals surface area contributed by atoms with E-state index in [2.05, 4.69) is 0 Å². The fraction of sp³-hybridized carbons (Fsp3) is 0.429. The predicted molar refractivity (Wildman–Crippen MR) is 67.1 cm³/mol. The van der Waals surface area contributed by atoms with Gasteiger partial charge in [-0.15, -0.1) is 0 Å². The summed E-state index contributed by atoms with van der Waals surface area (Å²) >= 11 is 0. The number of hydrogen-bond acceptors (Lipinski definition) is 3. The van der Waals surface area contributed by atoms with Crippen molar-refractivity contribution >= 4 is 6.08 Å². The quantitative estimate of drug-likeness (QED) is 0.861. The highest BCUT2D eigenvalue weighted by atomic mass is 16.7. The molecule has 1 unspecified atom stereocenters. The van der Waals surface area contributed by atoms with Gasteiger partial charge in [-0.05, 0) is 23.1 Å². The van der Waals surface area contributed by atoms with Crippen LogP contribution in [0.3, 0.4) is 0 Å². The van der Waals surface area contributed by atoms with E-state index in [1.807, 2.05) is 0 Å². The number of benzene rings is 1. The van der Waals surface area contributed by atoms with Crippen LogP contribution in [0.5, 0.6) is 11.5 Å². The van der Waals surface area contributed by atoms with Crippen molar-refractivity contribution in [2.24, 2.45) is 5.41 Å². The van der Waals surface area contributed by atoms with Crippen LogP contribution in [0.25, 0.3) is 6.08 Å². The fourth-order valence-corrected chi connectivity index (χ4v) is 1.24. The molecule has 1 aliphatic rings. The van der Waals surface area contributed by atoms with Crippen LogP contribution in [0.2, 0.25) is 0 Å². The molecule has 2 rings (SSSR count). The molecule has 0 spiro atoms. The van der Waals surface area contributed by atoms with Gasteiger partial charge in [0, 0.05) is 0 Å². The van der Waals surface area contributed by atoms with E-state index in [-0.39, 0.29) is 42.0 Å². The highest BCUT2D eigenvalue weighted by molar-refractivity contribution is 5.56. The maximum Gasteiger partial charge on any atom is 0.231 e. The number of rotatable bonds is 2. The van der Waals surface area contributed by atoms with Crippen molar-refractivity contribution in [3.05, 3.63) is 29.8 Å². The predicted octanol–water partition coefficient (Wildman–Crippen LogP) is 2.84. The van der Waals surface area contributed by atoms with E-state index < -0.39 is 11.5 Å². The van der Waals surface area contributed by atoms with Gasteiger partial charge in [0.1, 0.15) is 0 Å². The zero-order valence-corrected chi connectivity index (χ0v) is 10.1. The van der Waals surface area contributed by atoms with Gasteiger partial charge in [0.2, 0.25) is 6.79 Å². The summed E-state index contributed by atoms with van der Waals surface area (Å²) < 4.78 is 42.0. The van der Waals surface area contributed by atoms with E-state index in [0.717, 1.165) is 0 Å². The first-order valence-corrected chi connectivity index (χ1v) is 5.37. The molecule has 0 aliphatic carbocycles. The SMILES string of the molecule is [2H]c1c([2H])c2c(c([2H])c1/C=C/C([2H])(O)C(C)(C)C)OCO2. The summed E-state index contributed by atoms with van der Waals surface area (Å²) in [7, 11) is 0. The average molecular weight is 238 g/mol. The molecule has 92 valence electrons. The van der Waals surface area contributed by atoms with Crippen molar-refractivity contribution in [2.75, 3.05) is 6.79 Å². The lowest BCUT2D eigenvalue weighted by Crippen LogP contribution is -2.23. The average Bonchev–Trinajstić information content (AvgIpc) is 2.84. The van der Waals surface area contributed by atoms with Crippen LogP contribution < -0.4 is 9.47 Å². The standard InChI is InChI=1S/C14H18O3/c1-14(2,3)13(15)7-5-10-4-6-11-12(8-10)17-9-16-11/h4-8,13,15H,9H2,1-3H3/b7-5+/i4D,6D,8D,13D. The summed E-state index contributed by atoms with van der Waals surface area (Å²) in [5.74, 6) is 0.221.